The van der Waals surface area contributed by atoms with Crippen LogP contribution < -0.4 is 5.32 Å². The molecular weight excluding hydrogens is 172 g/mol. The van der Waals surface area contributed by atoms with Gasteiger partial charge < -0.3 is 10.3 Å². The zero-order valence-corrected chi connectivity index (χ0v) is 8.72. The molecule has 1 aromatic heterocycles. The average Bonchev–Trinajstić information content (AvgIpc) is 2.57. The molecule has 0 saturated heterocycles. The molecule has 1 aromatic carbocycles. The minimum absolute atomic E-state index is 0.944. The lowest BCUT2D eigenvalue weighted by Crippen LogP contribution is -2.11. The van der Waals surface area contributed by atoms with E-state index in [1.807, 2.05) is 0 Å². The predicted octanol–water partition coefficient (Wildman–Crippen LogP) is 2.59. The Morgan fingerprint density at radius 2 is 2.21 bits per heavy atom. The Balaban J connectivity index is 2.37. The highest BCUT2D eigenvalue weighted by atomic mass is 14.8. The van der Waals surface area contributed by atoms with Gasteiger partial charge in [0, 0.05) is 23.6 Å². The maximum absolute atomic E-state index is 3.34. The molecule has 0 atom stereocenters. The molecule has 0 aliphatic carbocycles. The Bertz CT molecular complexity index is 429. The van der Waals surface area contributed by atoms with Crippen molar-refractivity contribution in [3.05, 3.63) is 35.5 Å². The first-order valence-electron chi connectivity index (χ1n) is 5.08. The van der Waals surface area contributed by atoms with Crippen LogP contribution in [0.25, 0.3) is 10.9 Å². The summed E-state index contributed by atoms with van der Waals surface area (Å²) in [6, 6.07) is 6.53. The van der Waals surface area contributed by atoms with Gasteiger partial charge in [-0.3, -0.25) is 0 Å². The molecule has 0 bridgehead atoms. The lowest BCUT2D eigenvalue weighted by Gasteiger charge is -1.99. The van der Waals surface area contributed by atoms with Gasteiger partial charge in [-0.15, -0.1) is 0 Å². The second-order valence-corrected chi connectivity index (χ2v) is 3.64. The van der Waals surface area contributed by atoms with Gasteiger partial charge in [0.2, 0.25) is 0 Å². The maximum Gasteiger partial charge on any atom is 0.0459 e. The predicted molar refractivity (Wildman–Crippen MR) is 60.4 cm³/mol. The third-order valence-electron chi connectivity index (χ3n) is 2.49. The Morgan fingerprint density at radius 1 is 1.36 bits per heavy atom. The van der Waals surface area contributed by atoms with Crippen LogP contribution in [-0.2, 0) is 6.54 Å². The zero-order chi connectivity index (χ0) is 9.97. The third-order valence-corrected chi connectivity index (χ3v) is 2.49. The molecule has 74 valence electrons. The van der Waals surface area contributed by atoms with Crippen molar-refractivity contribution in [3.63, 3.8) is 0 Å². The number of H-pyrrole nitrogens is 1. The number of fused-ring (bicyclic) bond motifs is 1. The van der Waals surface area contributed by atoms with E-state index in [4.69, 9.17) is 0 Å². The van der Waals surface area contributed by atoms with Crippen molar-refractivity contribution >= 4 is 10.9 Å². The molecule has 2 N–H and O–H groups in total. The normalized spacial score (nSPS) is 11.0. The molecule has 2 nitrogen and oxygen atoms in total. The molecular formula is C12H16N2. The largest absolute Gasteiger partial charge is 0.361 e. The summed E-state index contributed by atoms with van der Waals surface area (Å²) in [7, 11) is 0. The van der Waals surface area contributed by atoms with Gasteiger partial charge in [-0.2, -0.15) is 0 Å². The molecule has 0 radical (unpaired) electrons. The SMILES string of the molecule is CCNCc1c[nH]c2cc(C)ccc12. The number of rotatable bonds is 3. The van der Waals surface area contributed by atoms with Crippen molar-refractivity contribution in [2.75, 3.05) is 6.54 Å². The summed E-state index contributed by atoms with van der Waals surface area (Å²) in [6.45, 7) is 6.20. The van der Waals surface area contributed by atoms with Crippen molar-refractivity contribution in [2.45, 2.75) is 20.4 Å². The number of nitrogens with one attached hydrogen (secondary N) is 2. The molecule has 0 unspecified atom stereocenters. The number of aryl methyl sites for hydroxylation is 1. The fraction of sp³-hybridized carbons (Fsp3) is 0.333. The standard InChI is InChI=1S/C12H16N2/c1-3-13-7-10-8-14-12-6-9(2)4-5-11(10)12/h4-6,8,13-14H,3,7H2,1-2H3. The van der Waals surface area contributed by atoms with Crippen molar-refractivity contribution in [1.29, 1.82) is 0 Å². The molecule has 2 heteroatoms. The van der Waals surface area contributed by atoms with E-state index in [1.165, 1.54) is 22.0 Å². The van der Waals surface area contributed by atoms with E-state index < -0.39 is 0 Å². The van der Waals surface area contributed by atoms with E-state index in [1.54, 1.807) is 0 Å². The molecule has 0 saturated carbocycles. The van der Waals surface area contributed by atoms with Crippen LogP contribution in [0.2, 0.25) is 0 Å². The second-order valence-electron chi connectivity index (χ2n) is 3.64. The lowest BCUT2D eigenvalue weighted by molar-refractivity contribution is 0.730. The van der Waals surface area contributed by atoms with E-state index in [2.05, 4.69) is 48.5 Å². The van der Waals surface area contributed by atoms with Gasteiger partial charge in [0.25, 0.3) is 0 Å². The quantitative estimate of drug-likeness (QED) is 0.761. The summed E-state index contributed by atoms with van der Waals surface area (Å²) >= 11 is 0. The molecule has 14 heavy (non-hydrogen) atoms. The van der Waals surface area contributed by atoms with Crippen LogP contribution in [-0.4, -0.2) is 11.5 Å². The fourth-order valence-electron chi connectivity index (χ4n) is 1.71. The number of aromatic amines is 1. The Labute approximate surface area is 84.3 Å². The van der Waals surface area contributed by atoms with Crippen molar-refractivity contribution in [2.24, 2.45) is 0 Å². The summed E-state index contributed by atoms with van der Waals surface area (Å²) in [6.07, 6.45) is 2.09. The number of hydrogen-bond donors (Lipinski definition) is 2. The van der Waals surface area contributed by atoms with Crippen molar-refractivity contribution in [3.8, 4) is 0 Å². The summed E-state index contributed by atoms with van der Waals surface area (Å²) in [5, 5.41) is 4.67. The fourth-order valence-corrected chi connectivity index (χ4v) is 1.71. The van der Waals surface area contributed by atoms with Gasteiger partial charge >= 0.3 is 0 Å². The molecule has 0 amide bonds. The highest BCUT2D eigenvalue weighted by molar-refractivity contribution is 5.83. The van der Waals surface area contributed by atoms with E-state index in [-0.39, 0.29) is 0 Å². The Hall–Kier alpha value is -1.28. The van der Waals surface area contributed by atoms with Crippen LogP contribution in [0.5, 0.6) is 0 Å². The summed E-state index contributed by atoms with van der Waals surface area (Å²) < 4.78 is 0. The van der Waals surface area contributed by atoms with Crippen LogP contribution in [0.3, 0.4) is 0 Å². The van der Waals surface area contributed by atoms with Gasteiger partial charge in [-0.25, -0.2) is 0 Å². The number of benzene rings is 1. The molecule has 0 spiro atoms. The van der Waals surface area contributed by atoms with E-state index in [0.29, 0.717) is 0 Å². The van der Waals surface area contributed by atoms with Crippen LogP contribution in [0, 0.1) is 6.92 Å². The lowest BCUT2D eigenvalue weighted by atomic mass is 10.1. The van der Waals surface area contributed by atoms with Crippen LogP contribution >= 0.6 is 0 Å². The first-order valence-corrected chi connectivity index (χ1v) is 5.08. The molecule has 0 aliphatic heterocycles. The summed E-state index contributed by atoms with van der Waals surface area (Å²) in [5.41, 5.74) is 3.88. The summed E-state index contributed by atoms with van der Waals surface area (Å²) in [4.78, 5) is 3.30. The molecule has 0 fully saturated rings. The average molecular weight is 188 g/mol. The minimum atomic E-state index is 0.944. The van der Waals surface area contributed by atoms with Crippen molar-refractivity contribution < 1.29 is 0 Å². The zero-order valence-electron chi connectivity index (χ0n) is 8.72. The Morgan fingerprint density at radius 3 is 3.00 bits per heavy atom. The number of hydrogen-bond acceptors (Lipinski definition) is 1. The van der Waals surface area contributed by atoms with Gasteiger partial charge in [-0.05, 0) is 30.7 Å². The maximum atomic E-state index is 3.34. The van der Waals surface area contributed by atoms with Gasteiger partial charge in [0.1, 0.15) is 0 Å². The van der Waals surface area contributed by atoms with E-state index >= 15 is 0 Å². The summed E-state index contributed by atoms with van der Waals surface area (Å²) in [5.74, 6) is 0. The third kappa shape index (κ3) is 1.66. The topological polar surface area (TPSA) is 27.8 Å². The molecule has 0 aliphatic rings. The van der Waals surface area contributed by atoms with E-state index in [0.717, 1.165) is 13.1 Å². The van der Waals surface area contributed by atoms with Gasteiger partial charge in [0.15, 0.2) is 0 Å². The van der Waals surface area contributed by atoms with Gasteiger partial charge in [0.05, 0.1) is 0 Å². The highest BCUT2D eigenvalue weighted by Crippen LogP contribution is 2.19. The second kappa shape index (κ2) is 3.84. The molecule has 2 rings (SSSR count). The first kappa shape index (κ1) is 9.28. The first-order chi connectivity index (χ1) is 6.81. The van der Waals surface area contributed by atoms with Crippen LogP contribution in [0.1, 0.15) is 18.1 Å². The Kier molecular flexibility index (Phi) is 2.55. The monoisotopic (exact) mass is 188 g/mol. The van der Waals surface area contributed by atoms with Crippen molar-refractivity contribution in [1.82, 2.24) is 10.3 Å². The minimum Gasteiger partial charge on any atom is -0.361 e. The van der Waals surface area contributed by atoms with Crippen LogP contribution in [0.15, 0.2) is 24.4 Å². The number of aromatic nitrogens is 1. The highest BCUT2D eigenvalue weighted by Gasteiger charge is 2.01. The van der Waals surface area contributed by atoms with Crippen LogP contribution in [0.4, 0.5) is 0 Å². The van der Waals surface area contributed by atoms with Gasteiger partial charge in [-0.1, -0.05) is 19.1 Å². The smallest absolute Gasteiger partial charge is 0.0459 e. The molecule has 1 heterocycles. The van der Waals surface area contributed by atoms with E-state index in [9.17, 15) is 0 Å². The molecule has 2 aromatic rings.